The summed E-state index contributed by atoms with van der Waals surface area (Å²) in [6.45, 7) is 3.35. The van der Waals surface area contributed by atoms with E-state index in [9.17, 15) is 14.7 Å². The van der Waals surface area contributed by atoms with Crippen molar-refractivity contribution < 1.29 is 14.7 Å². The van der Waals surface area contributed by atoms with E-state index in [1.165, 1.54) is 0 Å². The lowest BCUT2D eigenvalue weighted by Gasteiger charge is -2.33. The molecular formula is C16H22N2O3. The number of likely N-dealkylation sites (tertiary alicyclic amines) is 1. The average molecular weight is 290 g/mol. The highest BCUT2D eigenvalue weighted by molar-refractivity contribution is 5.95. The second-order valence-electron chi connectivity index (χ2n) is 5.29. The number of hydrogen-bond donors (Lipinski definition) is 1. The first-order valence-corrected chi connectivity index (χ1v) is 7.45. The minimum atomic E-state index is -0.828. The summed E-state index contributed by atoms with van der Waals surface area (Å²) in [6.07, 6.45) is 2.49. The maximum absolute atomic E-state index is 12.5. The Hall–Kier alpha value is -1.88. The third-order valence-electron chi connectivity index (χ3n) is 3.92. The van der Waals surface area contributed by atoms with Crippen molar-refractivity contribution in [2.45, 2.75) is 32.2 Å². The molecule has 0 radical (unpaired) electrons. The molecule has 1 N–H and O–H groups in total. The van der Waals surface area contributed by atoms with Gasteiger partial charge in [-0.3, -0.25) is 14.5 Å². The van der Waals surface area contributed by atoms with Gasteiger partial charge in [0.05, 0.1) is 6.54 Å². The lowest BCUT2D eigenvalue weighted by atomic mass is 10.0. The largest absolute Gasteiger partial charge is 0.480 e. The minimum Gasteiger partial charge on any atom is -0.480 e. The van der Waals surface area contributed by atoms with Crippen molar-refractivity contribution >= 4 is 17.6 Å². The Bertz CT molecular complexity index is 490. The van der Waals surface area contributed by atoms with Crippen LogP contribution in [-0.4, -0.2) is 47.6 Å². The summed E-state index contributed by atoms with van der Waals surface area (Å²) < 4.78 is 0. The molecule has 114 valence electrons. The SMILES string of the molecule is CCN(C(=O)CN1CCCC[C@H]1C(=O)O)c1ccccc1. The summed E-state index contributed by atoms with van der Waals surface area (Å²) in [5.74, 6) is -0.873. The number of amides is 1. The molecule has 0 spiro atoms. The number of hydrogen-bond acceptors (Lipinski definition) is 3. The Balaban J connectivity index is 2.06. The molecule has 0 bridgehead atoms. The number of nitrogens with zero attached hydrogens (tertiary/aromatic N) is 2. The zero-order valence-electron chi connectivity index (χ0n) is 12.4. The van der Waals surface area contributed by atoms with Crippen LogP contribution in [0.15, 0.2) is 30.3 Å². The summed E-state index contributed by atoms with van der Waals surface area (Å²) in [5.41, 5.74) is 0.855. The molecule has 0 aliphatic carbocycles. The lowest BCUT2D eigenvalue weighted by molar-refractivity contribution is -0.145. The quantitative estimate of drug-likeness (QED) is 0.900. The molecule has 21 heavy (non-hydrogen) atoms. The zero-order chi connectivity index (χ0) is 15.2. The normalized spacial score (nSPS) is 19.2. The fourth-order valence-electron chi connectivity index (χ4n) is 2.83. The highest BCUT2D eigenvalue weighted by Gasteiger charge is 2.30. The molecule has 1 amide bonds. The second-order valence-corrected chi connectivity index (χ2v) is 5.29. The van der Waals surface area contributed by atoms with Crippen LogP contribution < -0.4 is 4.90 Å². The van der Waals surface area contributed by atoms with E-state index in [2.05, 4.69) is 0 Å². The molecule has 0 saturated carbocycles. The molecule has 1 aromatic rings. The van der Waals surface area contributed by atoms with Gasteiger partial charge >= 0.3 is 5.97 Å². The fourth-order valence-corrected chi connectivity index (χ4v) is 2.83. The van der Waals surface area contributed by atoms with Crippen molar-refractivity contribution in [1.29, 1.82) is 0 Å². The summed E-state index contributed by atoms with van der Waals surface area (Å²) in [7, 11) is 0. The maximum atomic E-state index is 12.5. The van der Waals surface area contributed by atoms with E-state index < -0.39 is 12.0 Å². The van der Waals surface area contributed by atoms with Gasteiger partial charge in [-0.2, -0.15) is 0 Å². The number of carboxylic acid groups (broad SMARTS) is 1. The average Bonchev–Trinajstić information content (AvgIpc) is 2.49. The fraction of sp³-hybridized carbons (Fsp3) is 0.500. The Morgan fingerprint density at radius 3 is 2.62 bits per heavy atom. The van der Waals surface area contributed by atoms with Crippen LogP contribution in [0.5, 0.6) is 0 Å². The van der Waals surface area contributed by atoms with Gasteiger partial charge in [0.2, 0.25) is 5.91 Å². The third kappa shape index (κ3) is 3.82. The Labute approximate surface area is 125 Å². The number of carbonyl (C=O) groups excluding carboxylic acids is 1. The molecule has 1 aromatic carbocycles. The molecule has 1 heterocycles. The molecule has 1 aliphatic heterocycles. The van der Waals surface area contributed by atoms with Crippen LogP contribution in [0.25, 0.3) is 0 Å². The Kier molecular flexibility index (Phi) is 5.33. The highest BCUT2D eigenvalue weighted by Crippen LogP contribution is 2.19. The first kappa shape index (κ1) is 15.5. The van der Waals surface area contributed by atoms with Crippen LogP contribution in [0.2, 0.25) is 0 Å². The molecular weight excluding hydrogens is 268 g/mol. The van der Waals surface area contributed by atoms with E-state index >= 15 is 0 Å². The van der Waals surface area contributed by atoms with E-state index in [1.807, 2.05) is 37.3 Å². The summed E-state index contributed by atoms with van der Waals surface area (Å²) in [4.78, 5) is 27.3. The first-order chi connectivity index (χ1) is 10.1. The smallest absolute Gasteiger partial charge is 0.320 e. The molecule has 2 rings (SSSR count). The van der Waals surface area contributed by atoms with Gasteiger partial charge in [0.15, 0.2) is 0 Å². The monoisotopic (exact) mass is 290 g/mol. The summed E-state index contributed by atoms with van der Waals surface area (Å²) >= 11 is 0. The highest BCUT2D eigenvalue weighted by atomic mass is 16.4. The van der Waals surface area contributed by atoms with Crippen LogP contribution in [0, 0.1) is 0 Å². The Morgan fingerprint density at radius 2 is 2.00 bits per heavy atom. The van der Waals surface area contributed by atoms with Crippen molar-refractivity contribution in [3.8, 4) is 0 Å². The zero-order valence-corrected chi connectivity index (χ0v) is 12.4. The number of anilines is 1. The number of para-hydroxylation sites is 1. The third-order valence-corrected chi connectivity index (χ3v) is 3.92. The number of piperidine rings is 1. The summed E-state index contributed by atoms with van der Waals surface area (Å²) in [6, 6.07) is 8.96. The van der Waals surface area contributed by atoms with Gasteiger partial charge in [-0.15, -0.1) is 0 Å². The number of aliphatic carboxylic acids is 1. The van der Waals surface area contributed by atoms with Crippen molar-refractivity contribution in [3.63, 3.8) is 0 Å². The predicted octanol–water partition coefficient (Wildman–Crippen LogP) is 1.98. The van der Waals surface area contributed by atoms with Gasteiger partial charge in [0.1, 0.15) is 6.04 Å². The van der Waals surface area contributed by atoms with E-state index in [1.54, 1.807) is 9.80 Å². The molecule has 0 unspecified atom stereocenters. The van der Waals surface area contributed by atoms with Crippen LogP contribution in [0.3, 0.4) is 0 Å². The molecule has 1 atom stereocenters. The van der Waals surface area contributed by atoms with Gasteiger partial charge in [0, 0.05) is 12.2 Å². The molecule has 1 fully saturated rings. The van der Waals surface area contributed by atoms with Crippen LogP contribution >= 0.6 is 0 Å². The molecule has 5 nitrogen and oxygen atoms in total. The Morgan fingerprint density at radius 1 is 1.29 bits per heavy atom. The molecule has 1 saturated heterocycles. The minimum absolute atomic E-state index is 0.0446. The van der Waals surface area contributed by atoms with Gasteiger partial charge in [-0.05, 0) is 38.4 Å². The maximum Gasteiger partial charge on any atom is 0.320 e. The topological polar surface area (TPSA) is 60.9 Å². The van der Waals surface area contributed by atoms with Crippen molar-refractivity contribution in [2.75, 3.05) is 24.5 Å². The van der Waals surface area contributed by atoms with E-state index in [-0.39, 0.29) is 12.5 Å². The predicted molar refractivity (Wildman–Crippen MR) is 81.3 cm³/mol. The molecule has 0 aromatic heterocycles. The lowest BCUT2D eigenvalue weighted by Crippen LogP contribution is -2.50. The van der Waals surface area contributed by atoms with Crippen molar-refractivity contribution in [3.05, 3.63) is 30.3 Å². The number of carbonyl (C=O) groups is 2. The van der Waals surface area contributed by atoms with Gasteiger partial charge < -0.3 is 10.0 Å². The number of benzene rings is 1. The van der Waals surface area contributed by atoms with E-state index in [4.69, 9.17) is 0 Å². The van der Waals surface area contributed by atoms with Crippen LogP contribution in [-0.2, 0) is 9.59 Å². The number of rotatable bonds is 5. The van der Waals surface area contributed by atoms with Crippen LogP contribution in [0.4, 0.5) is 5.69 Å². The molecule has 1 aliphatic rings. The first-order valence-electron chi connectivity index (χ1n) is 7.45. The second kappa shape index (κ2) is 7.22. The molecule has 5 heteroatoms. The van der Waals surface area contributed by atoms with Crippen LogP contribution in [0.1, 0.15) is 26.2 Å². The van der Waals surface area contributed by atoms with Crippen molar-refractivity contribution in [1.82, 2.24) is 4.90 Å². The van der Waals surface area contributed by atoms with Crippen molar-refractivity contribution in [2.24, 2.45) is 0 Å². The van der Waals surface area contributed by atoms with Gasteiger partial charge in [-0.1, -0.05) is 24.6 Å². The van der Waals surface area contributed by atoms with Gasteiger partial charge in [-0.25, -0.2) is 0 Å². The van der Waals surface area contributed by atoms with E-state index in [0.717, 1.165) is 18.5 Å². The van der Waals surface area contributed by atoms with E-state index in [0.29, 0.717) is 19.5 Å². The number of likely N-dealkylation sites (N-methyl/N-ethyl adjacent to an activating group) is 1. The summed E-state index contributed by atoms with van der Waals surface area (Å²) in [5, 5.41) is 9.27. The standard InChI is InChI=1S/C16H22N2O3/c1-2-18(13-8-4-3-5-9-13)15(19)12-17-11-7-6-10-14(17)16(20)21/h3-5,8-9,14H,2,6-7,10-12H2,1H3,(H,20,21)/t14-/m0/s1. The number of carboxylic acids is 1. The van der Waals surface area contributed by atoms with Gasteiger partial charge in [0.25, 0.3) is 0 Å².